The minimum atomic E-state index is -0.200. The Labute approximate surface area is 129 Å². The van der Waals surface area contributed by atoms with E-state index in [-0.39, 0.29) is 17.3 Å². The van der Waals surface area contributed by atoms with Crippen molar-refractivity contribution in [1.29, 1.82) is 0 Å². The third-order valence-electron chi connectivity index (χ3n) is 4.42. The number of likely N-dealkylation sites (tertiary alicyclic amines) is 1. The van der Waals surface area contributed by atoms with Crippen molar-refractivity contribution >= 4 is 16.8 Å². The predicted molar refractivity (Wildman–Crippen MR) is 86.5 cm³/mol. The quantitative estimate of drug-likeness (QED) is 0.902. The second kappa shape index (κ2) is 5.93. The van der Waals surface area contributed by atoms with Gasteiger partial charge in [0.25, 0.3) is 0 Å². The number of amides is 1. The number of nitrogens with two attached hydrogens (primary N) is 1. The van der Waals surface area contributed by atoms with E-state index in [9.17, 15) is 9.59 Å². The number of carbonyl (C=O) groups is 1. The van der Waals surface area contributed by atoms with Crippen LogP contribution in [0.15, 0.2) is 29.1 Å². The smallest absolute Gasteiger partial charge is 0.220 e. The third kappa shape index (κ3) is 3.04. The number of aromatic nitrogens is 1. The molecule has 0 bridgehead atoms. The number of aromatic amines is 1. The van der Waals surface area contributed by atoms with Crippen LogP contribution in [0.2, 0.25) is 0 Å². The fourth-order valence-electron chi connectivity index (χ4n) is 3.12. The van der Waals surface area contributed by atoms with Crippen molar-refractivity contribution in [3.8, 4) is 0 Å². The first-order valence-corrected chi connectivity index (χ1v) is 7.67. The van der Waals surface area contributed by atoms with Gasteiger partial charge < -0.3 is 10.7 Å². The Bertz CT molecular complexity index is 758. The number of H-pyrrole nitrogens is 1. The molecule has 0 atom stereocenters. The first-order chi connectivity index (χ1) is 10.5. The number of rotatable bonds is 3. The number of piperidine rings is 1. The molecular weight excluding hydrogens is 278 g/mol. The highest BCUT2D eigenvalue weighted by Gasteiger charge is 2.23. The number of primary amides is 1. The Morgan fingerprint density at radius 3 is 2.73 bits per heavy atom. The van der Waals surface area contributed by atoms with Crippen LogP contribution >= 0.6 is 0 Å². The maximum Gasteiger partial charge on any atom is 0.220 e. The van der Waals surface area contributed by atoms with E-state index in [4.69, 9.17) is 5.73 Å². The van der Waals surface area contributed by atoms with Crippen LogP contribution in [0.3, 0.4) is 0 Å². The number of fused-ring (bicyclic) bond motifs is 1. The fourth-order valence-corrected chi connectivity index (χ4v) is 3.12. The zero-order valence-electron chi connectivity index (χ0n) is 12.8. The van der Waals surface area contributed by atoms with Gasteiger partial charge in [0.15, 0.2) is 5.43 Å². The van der Waals surface area contributed by atoms with E-state index in [2.05, 4.69) is 9.88 Å². The number of hydrogen-bond acceptors (Lipinski definition) is 3. The van der Waals surface area contributed by atoms with E-state index in [0.29, 0.717) is 6.54 Å². The molecule has 0 spiro atoms. The Balaban J connectivity index is 1.76. The van der Waals surface area contributed by atoms with Crippen molar-refractivity contribution in [3.63, 3.8) is 0 Å². The number of benzene rings is 1. The summed E-state index contributed by atoms with van der Waals surface area (Å²) < 4.78 is 0. The molecule has 1 saturated heterocycles. The second-order valence-corrected chi connectivity index (χ2v) is 6.16. The van der Waals surface area contributed by atoms with Crippen LogP contribution in [0.1, 0.15) is 24.1 Å². The molecule has 22 heavy (non-hydrogen) atoms. The van der Waals surface area contributed by atoms with Crippen LogP contribution in [0, 0.1) is 12.8 Å². The Morgan fingerprint density at radius 2 is 2.05 bits per heavy atom. The molecule has 116 valence electrons. The molecule has 3 rings (SSSR count). The lowest BCUT2D eigenvalue weighted by Gasteiger charge is -2.30. The van der Waals surface area contributed by atoms with Crippen molar-refractivity contribution in [2.75, 3.05) is 13.1 Å². The molecule has 0 radical (unpaired) electrons. The second-order valence-electron chi connectivity index (χ2n) is 6.16. The Morgan fingerprint density at radius 1 is 1.32 bits per heavy atom. The van der Waals surface area contributed by atoms with Crippen molar-refractivity contribution in [2.24, 2.45) is 11.7 Å². The van der Waals surface area contributed by atoms with Crippen LogP contribution in [0.5, 0.6) is 0 Å². The van der Waals surface area contributed by atoms with Gasteiger partial charge in [0.2, 0.25) is 5.91 Å². The van der Waals surface area contributed by atoms with Crippen molar-refractivity contribution in [2.45, 2.75) is 26.3 Å². The summed E-state index contributed by atoms with van der Waals surface area (Å²) in [6.45, 7) is 4.35. The van der Waals surface area contributed by atoms with Gasteiger partial charge in [0.1, 0.15) is 0 Å². The van der Waals surface area contributed by atoms with E-state index >= 15 is 0 Å². The summed E-state index contributed by atoms with van der Waals surface area (Å²) in [7, 11) is 0. The van der Waals surface area contributed by atoms with Crippen molar-refractivity contribution in [1.82, 2.24) is 9.88 Å². The molecule has 1 aromatic heterocycles. The average Bonchev–Trinajstić information content (AvgIpc) is 2.49. The van der Waals surface area contributed by atoms with Crippen LogP contribution in [0.4, 0.5) is 0 Å². The summed E-state index contributed by atoms with van der Waals surface area (Å²) in [6, 6.07) is 7.55. The highest BCUT2D eigenvalue weighted by Crippen LogP contribution is 2.18. The number of hydrogen-bond donors (Lipinski definition) is 2. The zero-order valence-corrected chi connectivity index (χ0v) is 12.8. The largest absolute Gasteiger partial charge is 0.369 e. The normalized spacial score (nSPS) is 17.0. The highest BCUT2D eigenvalue weighted by molar-refractivity contribution is 5.79. The molecule has 5 heteroatoms. The standard InChI is InChI=1S/C17H21N3O2/c1-11-2-3-15-14(8-11)16(21)9-13(19-15)10-20-6-4-12(5-7-20)17(18)22/h2-3,8-9,12H,4-7,10H2,1H3,(H2,18,22)(H,19,21). The summed E-state index contributed by atoms with van der Waals surface area (Å²) in [5, 5.41) is 0.733. The molecule has 2 heterocycles. The topological polar surface area (TPSA) is 79.2 Å². The highest BCUT2D eigenvalue weighted by atomic mass is 16.1. The minimum absolute atomic E-state index is 0.00474. The van der Waals surface area contributed by atoms with E-state index in [1.54, 1.807) is 6.07 Å². The summed E-state index contributed by atoms with van der Waals surface area (Å²) in [5.74, 6) is -0.205. The van der Waals surface area contributed by atoms with Gasteiger partial charge in [-0.3, -0.25) is 14.5 Å². The zero-order chi connectivity index (χ0) is 15.7. The van der Waals surface area contributed by atoms with Crippen LogP contribution < -0.4 is 11.2 Å². The number of nitrogens with zero attached hydrogens (tertiary/aromatic N) is 1. The first-order valence-electron chi connectivity index (χ1n) is 7.67. The molecule has 0 aliphatic carbocycles. The molecule has 2 aromatic rings. The monoisotopic (exact) mass is 299 g/mol. The fraction of sp³-hybridized carbons (Fsp3) is 0.412. The minimum Gasteiger partial charge on any atom is -0.369 e. The lowest BCUT2D eigenvalue weighted by atomic mass is 9.96. The lowest BCUT2D eigenvalue weighted by molar-refractivity contribution is -0.123. The number of pyridine rings is 1. The molecule has 1 aliphatic rings. The molecule has 1 aliphatic heterocycles. The number of carbonyl (C=O) groups excluding carboxylic acids is 1. The van der Waals surface area contributed by atoms with Crippen LogP contribution in [-0.2, 0) is 11.3 Å². The predicted octanol–water partition coefficient (Wildman–Crippen LogP) is 1.53. The van der Waals surface area contributed by atoms with Crippen LogP contribution in [0.25, 0.3) is 10.9 Å². The SMILES string of the molecule is Cc1ccc2[nH]c(CN3CCC(C(N)=O)CC3)cc(=O)c2c1. The van der Waals surface area contributed by atoms with Gasteiger partial charge >= 0.3 is 0 Å². The van der Waals surface area contributed by atoms with Gasteiger partial charge in [-0.2, -0.15) is 0 Å². The first kappa shape index (κ1) is 14.8. The summed E-state index contributed by atoms with van der Waals surface area (Å²) in [5.41, 5.74) is 8.28. The van der Waals surface area contributed by atoms with Crippen LogP contribution in [-0.4, -0.2) is 28.9 Å². The molecule has 3 N–H and O–H groups in total. The Kier molecular flexibility index (Phi) is 3.98. The lowest BCUT2D eigenvalue weighted by Crippen LogP contribution is -2.38. The average molecular weight is 299 g/mol. The van der Waals surface area contributed by atoms with E-state index in [0.717, 1.165) is 48.1 Å². The van der Waals surface area contributed by atoms with E-state index < -0.39 is 0 Å². The molecule has 1 fully saturated rings. The van der Waals surface area contributed by atoms with E-state index in [1.807, 2.05) is 25.1 Å². The molecule has 1 aromatic carbocycles. The van der Waals surface area contributed by atoms with Gasteiger partial charge in [-0.15, -0.1) is 0 Å². The van der Waals surface area contributed by atoms with Gasteiger partial charge in [-0.05, 0) is 45.0 Å². The summed E-state index contributed by atoms with van der Waals surface area (Å²) >= 11 is 0. The van der Waals surface area contributed by atoms with Gasteiger partial charge in [0.05, 0.1) is 0 Å². The van der Waals surface area contributed by atoms with Crippen molar-refractivity contribution < 1.29 is 4.79 Å². The maximum absolute atomic E-state index is 12.2. The Hall–Kier alpha value is -2.14. The summed E-state index contributed by atoms with van der Waals surface area (Å²) in [6.07, 6.45) is 1.60. The third-order valence-corrected chi connectivity index (χ3v) is 4.42. The number of aryl methyl sites for hydroxylation is 1. The molecule has 1 amide bonds. The van der Waals surface area contributed by atoms with Gasteiger partial charge in [0, 0.05) is 35.1 Å². The van der Waals surface area contributed by atoms with Gasteiger partial charge in [-0.25, -0.2) is 0 Å². The number of nitrogens with one attached hydrogen (secondary N) is 1. The molecule has 0 unspecified atom stereocenters. The van der Waals surface area contributed by atoms with Gasteiger partial charge in [-0.1, -0.05) is 11.6 Å². The molecule has 5 nitrogen and oxygen atoms in total. The molecular formula is C17H21N3O2. The van der Waals surface area contributed by atoms with Crippen molar-refractivity contribution in [3.05, 3.63) is 45.7 Å². The maximum atomic E-state index is 12.2. The molecule has 0 saturated carbocycles. The summed E-state index contributed by atoms with van der Waals surface area (Å²) in [4.78, 5) is 29.0. The van der Waals surface area contributed by atoms with E-state index in [1.165, 1.54) is 0 Å².